The molecule has 2 aromatic carbocycles. The molecular formula is C14H11ClFNO4. The standard InChI is InChI=1S/C14H11ClFNO4/c1-20-13-5-4-11(17(18)19)7-14(13)21-8-9-2-3-10(16)6-12(9)15/h2-7H,8H2,1H3. The van der Waals surface area contributed by atoms with Crippen molar-refractivity contribution in [2.24, 2.45) is 0 Å². The summed E-state index contributed by atoms with van der Waals surface area (Å²) in [5, 5.41) is 11.0. The van der Waals surface area contributed by atoms with E-state index in [9.17, 15) is 14.5 Å². The van der Waals surface area contributed by atoms with Crippen molar-refractivity contribution in [3.63, 3.8) is 0 Å². The molecule has 0 amide bonds. The molecule has 0 atom stereocenters. The predicted molar refractivity (Wildman–Crippen MR) is 75.4 cm³/mol. The van der Waals surface area contributed by atoms with E-state index in [2.05, 4.69) is 0 Å². The molecule has 0 heterocycles. The monoisotopic (exact) mass is 311 g/mol. The van der Waals surface area contributed by atoms with E-state index >= 15 is 0 Å². The van der Waals surface area contributed by atoms with Crippen LogP contribution in [0.5, 0.6) is 11.5 Å². The third-order valence-electron chi connectivity index (χ3n) is 2.76. The molecule has 110 valence electrons. The highest BCUT2D eigenvalue weighted by atomic mass is 35.5. The lowest BCUT2D eigenvalue weighted by molar-refractivity contribution is -0.385. The molecule has 2 rings (SSSR count). The zero-order chi connectivity index (χ0) is 15.4. The third kappa shape index (κ3) is 3.61. The van der Waals surface area contributed by atoms with Crippen molar-refractivity contribution >= 4 is 17.3 Å². The van der Waals surface area contributed by atoms with Crippen molar-refractivity contribution < 1.29 is 18.8 Å². The zero-order valence-electron chi connectivity index (χ0n) is 11.0. The molecule has 0 unspecified atom stereocenters. The summed E-state index contributed by atoms with van der Waals surface area (Å²) < 4.78 is 23.5. The van der Waals surface area contributed by atoms with E-state index in [1.807, 2.05) is 0 Å². The van der Waals surface area contributed by atoms with Gasteiger partial charge in [0.05, 0.1) is 23.1 Å². The molecule has 0 saturated carbocycles. The van der Waals surface area contributed by atoms with Crippen molar-refractivity contribution in [3.8, 4) is 11.5 Å². The Morgan fingerprint density at radius 1 is 1.24 bits per heavy atom. The molecule has 0 aliphatic carbocycles. The van der Waals surface area contributed by atoms with Crippen LogP contribution in [0.2, 0.25) is 5.02 Å². The van der Waals surface area contributed by atoms with E-state index in [1.165, 1.54) is 43.5 Å². The van der Waals surface area contributed by atoms with E-state index in [0.717, 1.165) is 0 Å². The number of nitro benzene ring substituents is 1. The number of hydrogen-bond acceptors (Lipinski definition) is 4. The van der Waals surface area contributed by atoms with Gasteiger partial charge in [-0.2, -0.15) is 0 Å². The molecule has 0 bridgehead atoms. The number of ether oxygens (including phenoxy) is 2. The number of rotatable bonds is 5. The number of nitrogens with zero attached hydrogens (tertiary/aromatic N) is 1. The van der Waals surface area contributed by atoms with Crippen LogP contribution in [0, 0.1) is 15.9 Å². The molecule has 0 spiro atoms. The van der Waals surface area contributed by atoms with Crippen LogP contribution < -0.4 is 9.47 Å². The summed E-state index contributed by atoms with van der Waals surface area (Å²) in [7, 11) is 1.43. The second kappa shape index (κ2) is 6.41. The maximum Gasteiger partial charge on any atom is 0.273 e. The largest absolute Gasteiger partial charge is 0.493 e. The Bertz CT molecular complexity index is 678. The quantitative estimate of drug-likeness (QED) is 0.619. The highest BCUT2D eigenvalue weighted by Crippen LogP contribution is 2.32. The van der Waals surface area contributed by atoms with Gasteiger partial charge < -0.3 is 9.47 Å². The van der Waals surface area contributed by atoms with Crippen molar-refractivity contribution in [1.29, 1.82) is 0 Å². The summed E-state index contributed by atoms with van der Waals surface area (Å²) in [5.41, 5.74) is 0.447. The molecule has 0 fully saturated rings. The number of hydrogen-bond donors (Lipinski definition) is 0. The first-order valence-electron chi connectivity index (χ1n) is 5.90. The molecule has 0 radical (unpaired) electrons. The van der Waals surface area contributed by atoms with Gasteiger partial charge >= 0.3 is 0 Å². The van der Waals surface area contributed by atoms with Crippen LogP contribution in [0.1, 0.15) is 5.56 Å². The van der Waals surface area contributed by atoms with Gasteiger partial charge in [-0.15, -0.1) is 0 Å². The topological polar surface area (TPSA) is 61.6 Å². The molecular weight excluding hydrogens is 301 g/mol. The Kier molecular flexibility index (Phi) is 4.59. The third-order valence-corrected chi connectivity index (χ3v) is 3.11. The summed E-state index contributed by atoms with van der Waals surface area (Å²) in [6.07, 6.45) is 0. The Hall–Kier alpha value is -2.34. The van der Waals surface area contributed by atoms with Crippen LogP contribution in [0.3, 0.4) is 0 Å². The van der Waals surface area contributed by atoms with E-state index in [1.54, 1.807) is 0 Å². The van der Waals surface area contributed by atoms with Crippen molar-refractivity contribution in [2.75, 3.05) is 7.11 Å². The molecule has 0 aliphatic rings. The molecule has 0 N–H and O–H groups in total. The second-order valence-electron chi connectivity index (χ2n) is 4.12. The Morgan fingerprint density at radius 2 is 2.00 bits per heavy atom. The smallest absolute Gasteiger partial charge is 0.273 e. The van der Waals surface area contributed by atoms with Gasteiger partial charge in [-0.3, -0.25) is 10.1 Å². The fourth-order valence-corrected chi connectivity index (χ4v) is 1.91. The average molecular weight is 312 g/mol. The summed E-state index contributed by atoms with van der Waals surface area (Å²) in [4.78, 5) is 10.2. The lowest BCUT2D eigenvalue weighted by atomic mass is 10.2. The van der Waals surface area contributed by atoms with Crippen LogP contribution in [0.25, 0.3) is 0 Å². The minimum absolute atomic E-state index is 0.0383. The fourth-order valence-electron chi connectivity index (χ4n) is 1.69. The van der Waals surface area contributed by atoms with Crippen LogP contribution in [0.15, 0.2) is 36.4 Å². The number of benzene rings is 2. The van der Waals surface area contributed by atoms with Crippen molar-refractivity contribution in [1.82, 2.24) is 0 Å². The van der Waals surface area contributed by atoms with Crippen LogP contribution in [0.4, 0.5) is 10.1 Å². The molecule has 2 aromatic rings. The first-order valence-corrected chi connectivity index (χ1v) is 6.28. The van der Waals surface area contributed by atoms with Gasteiger partial charge in [-0.05, 0) is 18.2 Å². The molecule has 0 aliphatic heterocycles. The zero-order valence-corrected chi connectivity index (χ0v) is 11.8. The fraction of sp³-hybridized carbons (Fsp3) is 0.143. The van der Waals surface area contributed by atoms with E-state index in [0.29, 0.717) is 11.3 Å². The minimum atomic E-state index is -0.531. The average Bonchev–Trinajstić information content (AvgIpc) is 2.46. The van der Waals surface area contributed by atoms with Gasteiger partial charge in [-0.1, -0.05) is 17.7 Å². The minimum Gasteiger partial charge on any atom is -0.493 e. The number of methoxy groups -OCH3 is 1. The van der Waals surface area contributed by atoms with Crippen LogP contribution in [-0.2, 0) is 6.61 Å². The van der Waals surface area contributed by atoms with E-state index in [4.69, 9.17) is 21.1 Å². The van der Waals surface area contributed by atoms with Crippen LogP contribution in [-0.4, -0.2) is 12.0 Å². The van der Waals surface area contributed by atoms with Gasteiger partial charge in [0.15, 0.2) is 11.5 Å². The normalized spacial score (nSPS) is 10.2. The maximum absolute atomic E-state index is 13.0. The summed E-state index contributed by atoms with van der Waals surface area (Å²) in [5.74, 6) is 0.127. The molecule has 0 aromatic heterocycles. The van der Waals surface area contributed by atoms with Crippen LogP contribution >= 0.6 is 11.6 Å². The highest BCUT2D eigenvalue weighted by Gasteiger charge is 2.13. The number of halogens is 2. The first-order chi connectivity index (χ1) is 10.0. The van der Waals surface area contributed by atoms with Crippen molar-refractivity contribution in [2.45, 2.75) is 6.61 Å². The second-order valence-corrected chi connectivity index (χ2v) is 4.52. The summed E-state index contributed by atoms with van der Waals surface area (Å²) in [6.45, 7) is 0.0383. The van der Waals surface area contributed by atoms with E-state index in [-0.39, 0.29) is 23.1 Å². The van der Waals surface area contributed by atoms with E-state index < -0.39 is 10.7 Å². The Labute approximate surface area is 125 Å². The molecule has 5 nitrogen and oxygen atoms in total. The molecule has 7 heteroatoms. The highest BCUT2D eigenvalue weighted by molar-refractivity contribution is 6.31. The summed E-state index contributed by atoms with van der Waals surface area (Å²) in [6, 6.07) is 7.94. The SMILES string of the molecule is COc1ccc([N+](=O)[O-])cc1OCc1ccc(F)cc1Cl. The van der Waals surface area contributed by atoms with Gasteiger partial charge in [0.25, 0.3) is 5.69 Å². The lowest BCUT2D eigenvalue weighted by Crippen LogP contribution is -1.99. The predicted octanol–water partition coefficient (Wildman–Crippen LogP) is 3.97. The van der Waals surface area contributed by atoms with Gasteiger partial charge in [0.2, 0.25) is 0 Å². The Morgan fingerprint density at radius 3 is 2.62 bits per heavy atom. The molecule has 21 heavy (non-hydrogen) atoms. The van der Waals surface area contributed by atoms with Gasteiger partial charge in [-0.25, -0.2) is 4.39 Å². The maximum atomic E-state index is 13.0. The van der Waals surface area contributed by atoms with Gasteiger partial charge in [0, 0.05) is 11.6 Å². The number of nitro groups is 1. The lowest BCUT2D eigenvalue weighted by Gasteiger charge is -2.11. The number of non-ortho nitro benzene ring substituents is 1. The Balaban J connectivity index is 2.22. The molecule has 0 saturated heterocycles. The van der Waals surface area contributed by atoms with Gasteiger partial charge in [0.1, 0.15) is 12.4 Å². The summed E-state index contributed by atoms with van der Waals surface area (Å²) >= 11 is 5.89. The van der Waals surface area contributed by atoms with Crippen molar-refractivity contribution in [3.05, 3.63) is 62.9 Å². The first kappa shape index (κ1) is 15.1.